The van der Waals surface area contributed by atoms with Crippen LogP contribution in [0.4, 0.5) is 5.69 Å². The fourth-order valence-electron chi connectivity index (χ4n) is 3.12. The maximum atomic E-state index is 12.7. The minimum atomic E-state index is -0.387. The molecule has 0 aliphatic carbocycles. The Bertz CT molecular complexity index is 1000. The number of anilines is 1. The highest BCUT2D eigenvalue weighted by Gasteiger charge is 2.34. The molecule has 1 aliphatic heterocycles. The molecule has 0 atom stereocenters. The van der Waals surface area contributed by atoms with Gasteiger partial charge in [-0.1, -0.05) is 36.4 Å². The number of rotatable bonds is 3. The molecule has 2 amide bonds. The molecule has 1 aromatic heterocycles. The summed E-state index contributed by atoms with van der Waals surface area (Å²) >= 11 is 0. The standard InChI is InChI=1S/C20H17N3O2/c1-2-22-13-14(16-10-6-7-11-18(16)22)12-17-19(24)21-23(20(17)25)15-8-4-3-5-9-15/h3-13H,2H2,1H3,(H,21,24). The van der Waals surface area contributed by atoms with Gasteiger partial charge in [0.2, 0.25) is 0 Å². The van der Waals surface area contributed by atoms with E-state index in [1.807, 2.05) is 48.7 Å². The van der Waals surface area contributed by atoms with Crippen molar-refractivity contribution in [3.8, 4) is 0 Å². The van der Waals surface area contributed by atoms with Crippen LogP contribution in [0.15, 0.2) is 66.4 Å². The number of benzene rings is 2. The van der Waals surface area contributed by atoms with Gasteiger partial charge >= 0.3 is 0 Å². The number of aryl methyl sites for hydroxylation is 1. The van der Waals surface area contributed by atoms with Crippen molar-refractivity contribution in [2.75, 3.05) is 5.01 Å². The first kappa shape index (κ1) is 15.2. The van der Waals surface area contributed by atoms with Gasteiger partial charge in [0.15, 0.2) is 0 Å². The van der Waals surface area contributed by atoms with Crippen molar-refractivity contribution in [2.24, 2.45) is 0 Å². The van der Waals surface area contributed by atoms with Crippen LogP contribution in [0.2, 0.25) is 0 Å². The fourth-order valence-corrected chi connectivity index (χ4v) is 3.12. The van der Waals surface area contributed by atoms with Crippen LogP contribution in [0.1, 0.15) is 12.5 Å². The van der Waals surface area contributed by atoms with Crippen molar-refractivity contribution in [1.29, 1.82) is 0 Å². The van der Waals surface area contributed by atoms with Gasteiger partial charge in [0.25, 0.3) is 11.8 Å². The molecule has 25 heavy (non-hydrogen) atoms. The van der Waals surface area contributed by atoms with Crippen molar-refractivity contribution in [1.82, 2.24) is 9.99 Å². The van der Waals surface area contributed by atoms with E-state index in [4.69, 9.17) is 0 Å². The SMILES string of the molecule is CCn1cc(C=C2C(=O)NN(c3ccccc3)C2=O)c2ccccc21. The van der Waals surface area contributed by atoms with E-state index >= 15 is 0 Å². The number of aromatic nitrogens is 1. The lowest BCUT2D eigenvalue weighted by Crippen LogP contribution is -2.35. The minimum absolute atomic E-state index is 0.142. The lowest BCUT2D eigenvalue weighted by molar-refractivity contribution is -0.117. The summed E-state index contributed by atoms with van der Waals surface area (Å²) in [6.07, 6.45) is 3.65. The molecule has 2 aromatic carbocycles. The van der Waals surface area contributed by atoms with Crippen LogP contribution in [-0.2, 0) is 16.1 Å². The van der Waals surface area contributed by atoms with Crippen LogP contribution >= 0.6 is 0 Å². The summed E-state index contributed by atoms with van der Waals surface area (Å²) in [7, 11) is 0. The highest BCUT2D eigenvalue weighted by atomic mass is 16.2. The maximum absolute atomic E-state index is 12.7. The van der Waals surface area contributed by atoms with Gasteiger partial charge in [0, 0.05) is 29.2 Å². The lowest BCUT2D eigenvalue weighted by atomic mass is 10.1. The largest absolute Gasteiger partial charge is 0.347 e. The molecule has 0 spiro atoms. The molecule has 124 valence electrons. The molecule has 5 nitrogen and oxygen atoms in total. The van der Waals surface area contributed by atoms with Crippen LogP contribution in [0.3, 0.4) is 0 Å². The van der Waals surface area contributed by atoms with Gasteiger partial charge in [-0.2, -0.15) is 0 Å². The Kier molecular flexibility index (Phi) is 3.61. The highest BCUT2D eigenvalue weighted by Crippen LogP contribution is 2.26. The molecular formula is C20H17N3O2. The van der Waals surface area contributed by atoms with E-state index in [1.165, 1.54) is 5.01 Å². The Labute approximate surface area is 145 Å². The predicted molar refractivity (Wildman–Crippen MR) is 97.7 cm³/mol. The van der Waals surface area contributed by atoms with Crippen LogP contribution in [0.25, 0.3) is 17.0 Å². The molecule has 2 heterocycles. The van der Waals surface area contributed by atoms with Gasteiger partial charge in [-0.15, -0.1) is 0 Å². The number of para-hydroxylation sites is 2. The summed E-state index contributed by atoms with van der Waals surface area (Å²) < 4.78 is 2.11. The van der Waals surface area contributed by atoms with Crippen LogP contribution in [-0.4, -0.2) is 16.4 Å². The van der Waals surface area contributed by atoms with Gasteiger partial charge < -0.3 is 4.57 Å². The van der Waals surface area contributed by atoms with Gasteiger partial charge in [0.05, 0.1) is 5.69 Å². The second kappa shape index (κ2) is 5.94. The van der Waals surface area contributed by atoms with Crippen LogP contribution < -0.4 is 10.4 Å². The molecule has 4 rings (SSSR count). The quantitative estimate of drug-likeness (QED) is 0.592. The lowest BCUT2D eigenvalue weighted by Gasteiger charge is -2.13. The molecule has 5 heteroatoms. The number of carbonyl (C=O) groups is 2. The first-order chi connectivity index (χ1) is 12.2. The third kappa shape index (κ3) is 2.50. The smallest absolute Gasteiger partial charge is 0.282 e. The molecule has 0 unspecified atom stereocenters. The number of hydrogen-bond acceptors (Lipinski definition) is 2. The van der Waals surface area contributed by atoms with Crippen molar-refractivity contribution in [3.63, 3.8) is 0 Å². The number of hydrogen-bond donors (Lipinski definition) is 1. The van der Waals surface area contributed by atoms with Crippen molar-refractivity contribution >= 4 is 34.5 Å². The van der Waals surface area contributed by atoms with E-state index in [-0.39, 0.29) is 17.4 Å². The Balaban J connectivity index is 1.77. The molecule has 0 saturated carbocycles. The second-order valence-electron chi connectivity index (χ2n) is 5.86. The molecule has 0 radical (unpaired) electrons. The number of nitrogens with zero attached hydrogens (tertiary/aromatic N) is 2. The zero-order valence-electron chi connectivity index (χ0n) is 13.8. The number of nitrogens with one attached hydrogen (secondary N) is 1. The van der Waals surface area contributed by atoms with Crippen molar-refractivity contribution in [3.05, 3.63) is 71.9 Å². The van der Waals surface area contributed by atoms with Gasteiger partial charge in [-0.25, -0.2) is 5.01 Å². The van der Waals surface area contributed by atoms with Crippen LogP contribution in [0.5, 0.6) is 0 Å². The minimum Gasteiger partial charge on any atom is -0.347 e. The third-order valence-electron chi connectivity index (χ3n) is 4.37. The van der Waals surface area contributed by atoms with Gasteiger partial charge in [-0.3, -0.25) is 15.0 Å². The first-order valence-corrected chi connectivity index (χ1v) is 8.19. The number of hydrazine groups is 1. The average molecular weight is 331 g/mol. The van der Waals surface area contributed by atoms with E-state index in [9.17, 15) is 9.59 Å². The molecule has 3 aromatic rings. The molecule has 0 bridgehead atoms. The normalized spacial score (nSPS) is 16.0. The summed E-state index contributed by atoms with van der Waals surface area (Å²) in [6.45, 7) is 2.88. The Hall–Kier alpha value is -3.34. The van der Waals surface area contributed by atoms with Crippen molar-refractivity contribution < 1.29 is 9.59 Å². The zero-order chi connectivity index (χ0) is 17.4. The maximum Gasteiger partial charge on any atom is 0.282 e. The van der Waals surface area contributed by atoms with Gasteiger partial charge in [0.1, 0.15) is 5.57 Å². The predicted octanol–water partition coefficient (Wildman–Crippen LogP) is 3.12. The first-order valence-electron chi connectivity index (χ1n) is 8.19. The molecule has 1 aliphatic rings. The second-order valence-corrected chi connectivity index (χ2v) is 5.86. The molecular weight excluding hydrogens is 314 g/mol. The average Bonchev–Trinajstić information content (AvgIpc) is 3.15. The summed E-state index contributed by atoms with van der Waals surface area (Å²) in [4.78, 5) is 25.0. The molecule has 1 N–H and O–H groups in total. The summed E-state index contributed by atoms with van der Waals surface area (Å²) in [5.74, 6) is -0.730. The Morgan fingerprint density at radius 2 is 1.72 bits per heavy atom. The fraction of sp³-hybridized carbons (Fsp3) is 0.100. The Morgan fingerprint density at radius 3 is 2.48 bits per heavy atom. The summed E-state index contributed by atoms with van der Waals surface area (Å²) in [6, 6.07) is 17.0. The number of amides is 2. The Morgan fingerprint density at radius 1 is 1.00 bits per heavy atom. The topological polar surface area (TPSA) is 54.3 Å². The van der Waals surface area contributed by atoms with Gasteiger partial charge in [-0.05, 0) is 31.2 Å². The van der Waals surface area contributed by atoms with E-state index in [2.05, 4.69) is 16.9 Å². The molecule has 1 fully saturated rings. The molecule has 1 saturated heterocycles. The summed E-state index contributed by atoms with van der Waals surface area (Å²) in [5.41, 5.74) is 5.36. The van der Waals surface area contributed by atoms with E-state index in [1.54, 1.807) is 18.2 Å². The number of carbonyl (C=O) groups excluding carboxylic acids is 2. The van der Waals surface area contributed by atoms with E-state index < -0.39 is 0 Å². The van der Waals surface area contributed by atoms with Crippen LogP contribution in [0, 0.1) is 0 Å². The number of fused-ring (bicyclic) bond motifs is 1. The van der Waals surface area contributed by atoms with E-state index in [0.29, 0.717) is 5.69 Å². The van der Waals surface area contributed by atoms with Crippen molar-refractivity contribution in [2.45, 2.75) is 13.5 Å². The monoisotopic (exact) mass is 331 g/mol. The summed E-state index contributed by atoms with van der Waals surface area (Å²) in [5, 5.41) is 2.31. The zero-order valence-corrected chi connectivity index (χ0v) is 13.8. The third-order valence-corrected chi connectivity index (χ3v) is 4.37. The highest BCUT2D eigenvalue weighted by molar-refractivity contribution is 6.32. The van der Waals surface area contributed by atoms with E-state index in [0.717, 1.165) is 23.0 Å².